The molecule has 12 nitrogen and oxygen atoms in total. The normalized spacial score (nSPS) is 14.9. The highest BCUT2D eigenvalue weighted by Crippen LogP contribution is 2.31. The van der Waals surface area contributed by atoms with Gasteiger partial charge in [0, 0.05) is 10.6 Å². The third-order valence-electron chi connectivity index (χ3n) is 5.49. The van der Waals surface area contributed by atoms with Gasteiger partial charge >= 0.3 is 0 Å². The molecule has 0 saturated carbocycles. The summed E-state index contributed by atoms with van der Waals surface area (Å²) in [5.41, 5.74) is 9.46. The van der Waals surface area contributed by atoms with Gasteiger partial charge < -0.3 is 15.4 Å². The van der Waals surface area contributed by atoms with Crippen molar-refractivity contribution in [3.8, 4) is 11.6 Å². The molecule has 4 rings (SSSR count). The van der Waals surface area contributed by atoms with Crippen molar-refractivity contribution in [2.75, 3.05) is 25.9 Å². The summed E-state index contributed by atoms with van der Waals surface area (Å²) < 4.78 is 11.2. The molecule has 4 N–H and O–H groups in total. The Labute approximate surface area is 205 Å². The average Bonchev–Trinajstić information content (AvgIpc) is 3.31. The molecule has 2 aromatic heterocycles. The van der Waals surface area contributed by atoms with Gasteiger partial charge in [0.25, 0.3) is 5.91 Å². The Bertz CT molecular complexity index is 1190. The van der Waals surface area contributed by atoms with Crippen molar-refractivity contribution in [2.24, 2.45) is 5.10 Å². The molecule has 0 spiro atoms. The third-order valence-corrected chi connectivity index (χ3v) is 5.99. The summed E-state index contributed by atoms with van der Waals surface area (Å²) in [6.07, 6.45) is 6.04. The van der Waals surface area contributed by atoms with Crippen LogP contribution in [0.15, 0.2) is 21.9 Å². The van der Waals surface area contributed by atoms with Crippen LogP contribution in [0.25, 0.3) is 5.82 Å². The standard InChI is InChI=1S/C20H23Cl2N9O3/c1-33-17-12(8-13(21)9-14(17)22)10-24-26-20(32)16-15(11-30-6-4-2-3-5-7-30)25-29-31(16)19-18(23)27-34-28-19/h8-10H,2-7,11H2,1H3,(H2,23,27)(H,26,32)/p+1. The van der Waals surface area contributed by atoms with Gasteiger partial charge in [0.15, 0.2) is 11.4 Å². The molecule has 0 unspecified atom stereocenters. The van der Waals surface area contributed by atoms with Crippen LogP contribution in [0.1, 0.15) is 47.4 Å². The van der Waals surface area contributed by atoms with Crippen molar-refractivity contribution in [3.63, 3.8) is 0 Å². The van der Waals surface area contributed by atoms with E-state index in [9.17, 15) is 4.79 Å². The molecule has 0 bridgehead atoms. The second kappa shape index (κ2) is 10.8. The van der Waals surface area contributed by atoms with Gasteiger partial charge in [0.2, 0.25) is 11.6 Å². The van der Waals surface area contributed by atoms with Crippen LogP contribution in [0, 0.1) is 0 Å². The molecule has 1 fully saturated rings. The molecule has 14 heteroatoms. The monoisotopic (exact) mass is 508 g/mol. The fourth-order valence-corrected chi connectivity index (χ4v) is 4.48. The predicted octanol–water partition coefficient (Wildman–Crippen LogP) is 1.27. The quantitative estimate of drug-likeness (QED) is 0.318. The Morgan fingerprint density at radius 3 is 2.74 bits per heavy atom. The van der Waals surface area contributed by atoms with Crippen molar-refractivity contribution in [1.29, 1.82) is 0 Å². The van der Waals surface area contributed by atoms with E-state index in [0.717, 1.165) is 25.9 Å². The van der Waals surface area contributed by atoms with E-state index in [1.54, 1.807) is 12.1 Å². The van der Waals surface area contributed by atoms with Crippen LogP contribution in [0.4, 0.5) is 5.82 Å². The first-order chi connectivity index (χ1) is 16.5. The summed E-state index contributed by atoms with van der Waals surface area (Å²) in [7, 11) is 1.48. The lowest BCUT2D eigenvalue weighted by molar-refractivity contribution is -0.913. The van der Waals surface area contributed by atoms with E-state index >= 15 is 0 Å². The summed E-state index contributed by atoms with van der Waals surface area (Å²) in [5.74, 6) is -0.126. The van der Waals surface area contributed by atoms with E-state index in [-0.39, 0.29) is 17.3 Å². The lowest BCUT2D eigenvalue weighted by Crippen LogP contribution is -3.10. The Morgan fingerprint density at radius 1 is 1.29 bits per heavy atom. The van der Waals surface area contributed by atoms with Crippen molar-refractivity contribution >= 4 is 41.1 Å². The fraction of sp³-hybridized carbons (Fsp3) is 0.400. The zero-order valence-corrected chi connectivity index (χ0v) is 19.9. The number of carbonyl (C=O) groups excluding carboxylic acids is 1. The minimum Gasteiger partial charge on any atom is -0.495 e. The number of quaternary nitrogens is 1. The Kier molecular flexibility index (Phi) is 7.60. The molecule has 3 heterocycles. The largest absolute Gasteiger partial charge is 0.495 e. The van der Waals surface area contributed by atoms with Gasteiger partial charge in [-0.05, 0) is 48.1 Å². The number of nitrogens with zero attached hydrogens (tertiary/aromatic N) is 6. The van der Waals surface area contributed by atoms with Crippen molar-refractivity contribution < 1.29 is 19.1 Å². The number of hydrazone groups is 1. The van der Waals surface area contributed by atoms with Crippen molar-refractivity contribution in [3.05, 3.63) is 39.1 Å². The van der Waals surface area contributed by atoms with Crippen LogP contribution in [-0.2, 0) is 6.54 Å². The third kappa shape index (κ3) is 5.29. The molecular weight excluding hydrogens is 485 g/mol. The maximum Gasteiger partial charge on any atom is 0.292 e. The van der Waals surface area contributed by atoms with E-state index in [4.69, 9.17) is 33.7 Å². The number of nitrogens with two attached hydrogens (primary N) is 1. The Hall–Kier alpha value is -3.22. The van der Waals surface area contributed by atoms with Gasteiger partial charge in [-0.15, -0.1) is 5.10 Å². The number of amides is 1. The summed E-state index contributed by atoms with van der Waals surface area (Å²) in [6.45, 7) is 2.51. The molecule has 3 aromatic rings. The molecule has 1 amide bonds. The van der Waals surface area contributed by atoms with E-state index < -0.39 is 5.91 Å². The average molecular weight is 509 g/mol. The zero-order valence-electron chi connectivity index (χ0n) is 18.4. The lowest BCUT2D eigenvalue weighted by atomic mass is 10.2. The predicted molar refractivity (Wildman–Crippen MR) is 125 cm³/mol. The summed E-state index contributed by atoms with van der Waals surface area (Å²) in [5, 5.41) is 20.4. The highest BCUT2D eigenvalue weighted by Gasteiger charge is 2.28. The summed E-state index contributed by atoms with van der Waals surface area (Å²) in [4.78, 5) is 14.5. The van der Waals surface area contributed by atoms with Crippen LogP contribution in [0.5, 0.6) is 5.75 Å². The van der Waals surface area contributed by atoms with Gasteiger partial charge in [0.05, 0.1) is 31.4 Å². The number of hydrogen-bond donors (Lipinski definition) is 3. The summed E-state index contributed by atoms with van der Waals surface area (Å²) in [6, 6.07) is 3.17. The number of ether oxygens (including phenoxy) is 1. The number of aromatic nitrogens is 5. The number of likely N-dealkylation sites (tertiary alicyclic amines) is 1. The molecule has 180 valence electrons. The van der Waals surface area contributed by atoms with Gasteiger partial charge in [0.1, 0.15) is 12.3 Å². The van der Waals surface area contributed by atoms with Crippen LogP contribution >= 0.6 is 23.2 Å². The molecule has 1 aliphatic rings. The number of anilines is 1. The summed E-state index contributed by atoms with van der Waals surface area (Å²) >= 11 is 12.2. The SMILES string of the molecule is COc1c(Cl)cc(Cl)cc1C=NNC(=O)c1c(C[NH+]2CCCCCC2)nnn1-c1nonc1N. The second-order valence-corrected chi connectivity index (χ2v) is 8.66. The minimum absolute atomic E-state index is 0.0190. The van der Waals surface area contributed by atoms with Crippen molar-refractivity contribution in [1.82, 2.24) is 30.7 Å². The number of hydrogen-bond acceptors (Lipinski definition) is 9. The highest BCUT2D eigenvalue weighted by molar-refractivity contribution is 6.36. The van der Waals surface area contributed by atoms with Crippen LogP contribution in [-0.4, -0.2) is 57.6 Å². The number of benzene rings is 1. The minimum atomic E-state index is -0.556. The van der Waals surface area contributed by atoms with E-state index in [0.29, 0.717) is 33.6 Å². The molecule has 0 radical (unpaired) electrons. The Morgan fingerprint density at radius 2 is 2.06 bits per heavy atom. The van der Waals surface area contributed by atoms with Crippen LogP contribution < -0.4 is 20.8 Å². The first-order valence-electron chi connectivity index (χ1n) is 10.7. The van der Waals surface area contributed by atoms with Crippen LogP contribution in [0.3, 0.4) is 0 Å². The number of nitrogen functional groups attached to an aromatic ring is 1. The van der Waals surface area contributed by atoms with E-state index in [2.05, 4.69) is 35.8 Å². The highest BCUT2D eigenvalue weighted by atomic mass is 35.5. The number of nitrogens with one attached hydrogen (secondary N) is 2. The van der Waals surface area contributed by atoms with Crippen LogP contribution in [0.2, 0.25) is 10.0 Å². The number of rotatable bonds is 7. The molecule has 34 heavy (non-hydrogen) atoms. The molecular formula is C20H24Cl2N9O3+. The zero-order chi connectivity index (χ0) is 24.1. The van der Waals surface area contributed by atoms with Gasteiger partial charge in [-0.25, -0.2) is 10.1 Å². The van der Waals surface area contributed by atoms with Gasteiger partial charge in [-0.1, -0.05) is 28.4 Å². The first kappa shape index (κ1) is 23.9. The van der Waals surface area contributed by atoms with Gasteiger partial charge in [-0.2, -0.15) is 9.78 Å². The fourth-order valence-electron chi connectivity index (χ4n) is 3.89. The smallest absolute Gasteiger partial charge is 0.292 e. The number of carbonyl (C=O) groups is 1. The number of halogens is 2. The maximum atomic E-state index is 13.2. The number of methoxy groups -OCH3 is 1. The van der Waals surface area contributed by atoms with Gasteiger partial charge in [-0.3, -0.25) is 4.79 Å². The molecule has 1 aliphatic heterocycles. The Balaban J connectivity index is 1.61. The van der Waals surface area contributed by atoms with E-state index in [1.165, 1.54) is 35.7 Å². The molecule has 0 aliphatic carbocycles. The molecule has 1 aromatic carbocycles. The second-order valence-electron chi connectivity index (χ2n) is 7.82. The molecule has 0 atom stereocenters. The topological polar surface area (TPSA) is 151 Å². The van der Waals surface area contributed by atoms with E-state index in [1.807, 2.05) is 0 Å². The first-order valence-corrected chi connectivity index (χ1v) is 11.5. The molecule has 1 saturated heterocycles. The lowest BCUT2D eigenvalue weighted by Gasteiger charge is -2.16. The maximum absolute atomic E-state index is 13.2. The van der Waals surface area contributed by atoms with Crippen molar-refractivity contribution in [2.45, 2.75) is 32.2 Å².